The van der Waals surface area contributed by atoms with Gasteiger partial charge in [0.05, 0.1) is 17.8 Å². The maximum Gasteiger partial charge on any atom is 0.434 e. The molecule has 3 rings (SSSR count). The first-order valence-electron chi connectivity index (χ1n) is 5.58. The fourth-order valence-electron chi connectivity index (χ4n) is 1.74. The summed E-state index contributed by atoms with van der Waals surface area (Å²) in [5.41, 5.74) is 2.87. The molecule has 2 fully saturated rings. The molecule has 2 aliphatic heterocycles. The lowest BCUT2D eigenvalue weighted by atomic mass is 10.2. The summed E-state index contributed by atoms with van der Waals surface area (Å²) in [5.74, 6) is -1.14. The third-order valence-corrected chi connectivity index (χ3v) is 2.72. The number of primary amides is 1. The largest absolute Gasteiger partial charge is 0.434 e. The summed E-state index contributed by atoms with van der Waals surface area (Å²) in [7, 11) is 0. The lowest BCUT2D eigenvalue weighted by Crippen LogP contribution is -2.20. The molecule has 0 saturated carbocycles. The van der Waals surface area contributed by atoms with Gasteiger partial charge in [-0.2, -0.15) is 13.2 Å². The van der Waals surface area contributed by atoms with Crippen molar-refractivity contribution in [3.63, 3.8) is 0 Å². The molecule has 8 heteroatoms. The number of aromatic nitrogens is 1. The van der Waals surface area contributed by atoms with Crippen molar-refractivity contribution < 1.29 is 22.7 Å². The Morgan fingerprint density at radius 1 is 1.42 bits per heavy atom. The van der Waals surface area contributed by atoms with E-state index in [1.165, 1.54) is 6.07 Å². The Morgan fingerprint density at radius 2 is 2.05 bits per heavy atom. The number of nitrogens with zero attached hydrogens (tertiary/aromatic N) is 1. The first-order valence-corrected chi connectivity index (χ1v) is 5.58. The molecule has 0 aliphatic carbocycles. The number of nitrogens with two attached hydrogens (primary N) is 1. The van der Waals surface area contributed by atoms with Crippen LogP contribution in [0, 0.1) is 0 Å². The minimum Gasteiger partial charge on any atom is -0.367 e. The molecule has 5 nitrogen and oxygen atoms in total. The molecule has 2 unspecified atom stereocenters. The smallest absolute Gasteiger partial charge is 0.367 e. The summed E-state index contributed by atoms with van der Waals surface area (Å²) < 4.78 is 41.5. The first kappa shape index (κ1) is 13.8. The number of hydrogen-bond donors (Lipinski definition) is 2. The van der Waals surface area contributed by atoms with Crippen LogP contribution in [0.15, 0.2) is 18.3 Å². The number of rotatable bonds is 1. The molecule has 0 bridgehead atoms. The van der Waals surface area contributed by atoms with Gasteiger partial charge in [0.25, 0.3) is 5.91 Å². The van der Waals surface area contributed by atoms with Gasteiger partial charge in [0.2, 0.25) is 0 Å². The fraction of sp³-hybridized carbons (Fsp3) is 0.455. The molecule has 0 spiro atoms. The number of alkyl halides is 3. The number of nitrogens with one attached hydrogen (secondary N) is 1. The van der Waals surface area contributed by atoms with Crippen molar-refractivity contribution in [3.8, 4) is 0 Å². The highest BCUT2D eigenvalue weighted by atomic mass is 19.4. The fourth-order valence-corrected chi connectivity index (χ4v) is 1.74. The lowest BCUT2D eigenvalue weighted by molar-refractivity contribution is -0.141. The van der Waals surface area contributed by atoms with Crippen LogP contribution in [0.4, 0.5) is 13.2 Å². The van der Waals surface area contributed by atoms with E-state index >= 15 is 0 Å². The zero-order valence-corrected chi connectivity index (χ0v) is 9.78. The highest BCUT2D eigenvalue weighted by Gasteiger charge is 2.42. The van der Waals surface area contributed by atoms with Gasteiger partial charge < -0.3 is 15.8 Å². The van der Waals surface area contributed by atoms with Gasteiger partial charge in [-0.1, -0.05) is 0 Å². The molecule has 0 aromatic carbocycles. The van der Waals surface area contributed by atoms with Crippen molar-refractivity contribution in [2.24, 2.45) is 5.73 Å². The van der Waals surface area contributed by atoms with Gasteiger partial charge in [0.15, 0.2) is 5.69 Å². The molecule has 1 amide bonds. The second kappa shape index (κ2) is 5.14. The summed E-state index contributed by atoms with van der Waals surface area (Å²) in [5, 5.41) is 3.20. The Balaban J connectivity index is 0.000000180. The number of hydrogen-bond acceptors (Lipinski definition) is 4. The molecule has 0 radical (unpaired) electrons. The minimum atomic E-state index is -4.65. The molecule has 3 heterocycles. The van der Waals surface area contributed by atoms with Crippen LogP contribution < -0.4 is 11.1 Å². The summed E-state index contributed by atoms with van der Waals surface area (Å²) in [6.07, 6.45) is -2.49. The van der Waals surface area contributed by atoms with Gasteiger partial charge >= 0.3 is 6.18 Å². The van der Waals surface area contributed by atoms with E-state index in [0.717, 1.165) is 25.4 Å². The van der Waals surface area contributed by atoms with Crippen molar-refractivity contribution in [2.45, 2.75) is 18.4 Å². The van der Waals surface area contributed by atoms with Gasteiger partial charge in [-0.15, -0.1) is 0 Å². The van der Waals surface area contributed by atoms with Crippen LogP contribution in [0.5, 0.6) is 0 Å². The SMILES string of the molecule is C1NCC2OC12.NC(=O)c1cccnc1C(F)(F)F. The van der Waals surface area contributed by atoms with Crippen molar-refractivity contribution in [3.05, 3.63) is 29.6 Å². The van der Waals surface area contributed by atoms with E-state index in [1.54, 1.807) is 0 Å². The van der Waals surface area contributed by atoms with E-state index in [0.29, 0.717) is 12.2 Å². The van der Waals surface area contributed by atoms with Crippen LogP contribution in [0.2, 0.25) is 0 Å². The van der Waals surface area contributed by atoms with Gasteiger partial charge in [-0.25, -0.2) is 0 Å². The molecular formula is C11H12F3N3O2. The Labute approximate surface area is 106 Å². The monoisotopic (exact) mass is 275 g/mol. The average molecular weight is 275 g/mol. The highest BCUT2D eigenvalue weighted by molar-refractivity contribution is 5.93. The summed E-state index contributed by atoms with van der Waals surface area (Å²) >= 11 is 0. The summed E-state index contributed by atoms with van der Waals surface area (Å²) in [6.45, 7) is 2.18. The van der Waals surface area contributed by atoms with Gasteiger partial charge in [0, 0.05) is 19.3 Å². The number of carbonyl (C=O) groups is 1. The molecule has 2 saturated heterocycles. The number of fused-ring (bicyclic) bond motifs is 1. The molecule has 19 heavy (non-hydrogen) atoms. The summed E-state index contributed by atoms with van der Waals surface area (Å²) in [4.78, 5) is 13.6. The highest BCUT2D eigenvalue weighted by Crippen LogP contribution is 2.29. The van der Waals surface area contributed by atoms with E-state index in [1.807, 2.05) is 0 Å². The van der Waals surface area contributed by atoms with Gasteiger partial charge in [0.1, 0.15) is 0 Å². The maximum absolute atomic E-state index is 12.1. The second-order valence-electron chi connectivity index (χ2n) is 4.13. The number of ether oxygens (including phenoxy) is 1. The predicted octanol–water partition coefficient (Wildman–Crippen LogP) is 0.556. The number of halogens is 3. The molecule has 1 aromatic heterocycles. The number of carbonyl (C=O) groups excluding carboxylic acids is 1. The number of morpholine rings is 1. The zero-order chi connectivity index (χ0) is 14.0. The molecule has 1 aromatic rings. The molecule has 3 N–H and O–H groups in total. The third kappa shape index (κ3) is 3.42. The zero-order valence-electron chi connectivity index (χ0n) is 9.78. The number of epoxide rings is 1. The first-order chi connectivity index (χ1) is 8.89. The quantitative estimate of drug-likeness (QED) is 0.734. The normalized spacial score (nSPS) is 24.2. The molecule has 2 atom stereocenters. The van der Waals surface area contributed by atoms with Crippen LogP contribution in [0.1, 0.15) is 16.1 Å². The van der Waals surface area contributed by atoms with E-state index in [4.69, 9.17) is 10.5 Å². The van der Waals surface area contributed by atoms with Gasteiger partial charge in [-0.3, -0.25) is 9.78 Å². The second-order valence-corrected chi connectivity index (χ2v) is 4.13. The third-order valence-electron chi connectivity index (χ3n) is 2.72. The topological polar surface area (TPSA) is 80.5 Å². The van der Waals surface area contributed by atoms with E-state index < -0.39 is 23.3 Å². The Morgan fingerprint density at radius 3 is 2.37 bits per heavy atom. The lowest BCUT2D eigenvalue weighted by Gasteiger charge is -2.07. The molecule has 2 aliphatic rings. The van der Waals surface area contributed by atoms with Crippen molar-refractivity contribution in [1.29, 1.82) is 0 Å². The van der Waals surface area contributed by atoms with Crippen LogP contribution in [0.3, 0.4) is 0 Å². The maximum atomic E-state index is 12.1. The summed E-state index contributed by atoms with van der Waals surface area (Å²) in [6, 6.07) is 2.20. The standard InChI is InChI=1S/C7H5F3N2O.C4H7NO/c8-7(9,10)5-4(6(11)13)2-1-3-12-5;1-3-4(6-3)2-5-1/h1-3H,(H2,11,13);3-5H,1-2H2. The Bertz CT molecular complexity index is 470. The minimum absolute atomic E-state index is 0.602. The van der Waals surface area contributed by atoms with E-state index in [9.17, 15) is 18.0 Å². The molecule has 104 valence electrons. The van der Waals surface area contributed by atoms with E-state index in [-0.39, 0.29) is 0 Å². The van der Waals surface area contributed by atoms with E-state index in [2.05, 4.69) is 10.3 Å². The Kier molecular flexibility index (Phi) is 3.72. The van der Waals surface area contributed by atoms with Crippen molar-refractivity contribution in [1.82, 2.24) is 10.3 Å². The van der Waals surface area contributed by atoms with Crippen LogP contribution in [0.25, 0.3) is 0 Å². The van der Waals surface area contributed by atoms with Crippen LogP contribution in [-0.4, -0.2) is 36.2 Å². The predicted molar refractivity (Wildman–Crippen MR) is 59.3 cm³/mol. The van der Waals surface area contributed by atoms with Crippen molar-refractivity contribution in [2.75, 3.05) is 13.1 Å². The van der Waals surface area contributed by atoms with Gasteiger partial charge in [-0.05, 0) is 12.1 Å². The number of pyridine rings is 1. The number of amides is 1. The average Bonchev–Trinajstić information content (AvgIpc) is 2.96. The molecular weight excluding hydrogens is 263 g/mol. The Hall–Kier alpha value is -1.67. The van der Waals surface area contributed by atoms with Crippen molar-refractivity contribution >= 4 is 5.91 Å². The van der Waals surface area contributed by atoms with Crippen LogP contribution >= 0.6 is 0 Å². The van der Waals surface area contributed by atoms with Crippen LogP contribution in [-0.2, 0) is 10.9 Å².